The standard InChI is InChI=1S/C28H30N6O2/c1-36-20-12-10-19(11-13-20)18-23-33-24-25(21-8-2-3-9-22(21)32-26(24)29)34(23)17-7-5-15-28(27(30)35)14-4-6-16-31-28/h2-4,6,8-14,16,31H,5,7,15,17-18H2,1H3,(H2,29,32)(H2,30,35). The van der Waals surface area contributed by atoms with E-state index in [-0.39, 0.29) is 5.91 Å². The number of ether oxygens (including phenoxy) is 1. The number of nitrogen functional groups attached to an aromatic ring is 1. The summed E-state index contributed by atoms with van der Waals surface area (Å²) in [5.41, 5.74) is 14.9. The molecule has 5 rings (SSSR count). The lowest BCUT2D eigenvalue weighted by Crippen LogP contribution is -2.52. The molecule has 1 aliphatic rings. The van der Waals surface area contributed by atoms with Gasteiger partial charge in [-0.15, -0.1) is 0 Å². The van der Waals surface area contributed by atoms with Gasteiger partial charge in [0.2, 0.25) is 5.91 Å². The third-order valence-electron chi connectivity index (χ3n) is 6.78. The van der Waals surface area contributed by atoms with Gasteiger partial charge in [-0.25, -0.2) is 9.97 Å². The van der Waals surface area contributed by atoms with Gasteiger partial charge in [0.05, 0.1) is 18.1 Å². The number of methoxy groups -OCH3 is 1. The van der Waals surface area contributed by atoms with Crippen LogP contribution in [0.2, 0.25) is 0 Å². The number of nitrogens with zero attached hydrogens (tertiary/aromatic N) is 3. The maximum Gasteiger partial charge on any atom is 0.247 e. The summed E-state index contributed by atoms with van der Waals surface area (Å²) in [7, 11) is 1.66. The summed E-state index contributed by atoms with van der Waals surface area (Å²) in [5.74, 6) is 1.79. The first-order valence-corrected chi connectivity index (χ1v) is 12.1. The first-order valence-electron chi connectivity index (χ1n) is 12.1. The van der Waals surface area contributed by atoms with Gasteiger partial charge in [-0.1, -0.05) is 36.4 Å². The summed E-state index contributed by atoms with van der Waals surface area (Å²) >= 11 is 0. The van der Waals surface area contributed by atoms with Crippen LogP contribution in [0.3, 0.4) is 0 Å². The van der Waals surface area contributed by atoms with E-state index < -0.39 is 5.54 Å². The molecule has 1 amide bonds. The van der Waals surface area contributed by atoms with Crippen LogP contribution >= 0.6 is 0 Å². The Bertz CT molecular complexity index is 1470. The average molecular weight is 483 g/mol. The van der Waals surface area contributed by atoms with Crippen LogP contribution < -0.4 is 21.5 Å². The Balaban J connectivity index is 1.47. The van der Waals surface area contributed by atoms with Gasteiger partial charge >= 0.3 is 0 Å². The zero-order valence-corrected chi connectivity index (χ0v) is 20.3. The van der Waals surface area contributed by atoms with Gasteiger partial charge in [0.25, 0.3) is 0 Å². The topological polar surface area (TPSA) is 121 Å². The van der Waals surface area contributed by atoms with Crippen molar-refractivity contribution in [2.45, 2.75) is 37.8 Å². The van der Waals surface area contributed by atoms with Crippen LogP contribution in [0.5, 0.6) is 5.75 Å². The third-order valence-corrected chi connectivity index (χ3v) is 6.78. The van der Waals surface area contributed by atoms with E-state index >= 15 is 0 Å². The van der Waals surface area contributed by atoms with E-state index in [0.717, 1.165) is 52.9 Å². The molecule has 1 aliphatic heterocycles. The number of allylic oxidation sites excluding steroid dienone is 2. The fourth-order valence-electron chi connectivity index (χ4n) is 4.83. The van der Waals surface area contributed by atoms with Crippen molar-refractivity contribution in [3.8, 4) is 5.75 Å². The molecule has 0 saturated carbocycles. The molecular weight excluding hydrogens is 452 g/mol. The second-order valence-corrected chi connectivity index (χ2v) is 9.07. The van der Waals surface area contributed by atoms with Crippen LogP contribution in [0, 0.1) is 0 Å². The summed E-state index contributed by atoms with van der Waals surface area (Å²) in [4.78, 5) is 21.7. The Morgan fingerprint density at radius 1 is 1.08 bits per heavy atom. The highest BCUT2D eigenvalue weighted by Gasteiger charge is 2.32. The molecule has 2 aromatic heterocycles. The Kier molecular flexibility index (Phi) is 6.33. The summed E-state index contributed by atoms with van der Waals surface area (Å²) in [6.07, 6.45) is 10.2. The van der Waals surface area contributed by atoms with Gasteiger partial charge in [-0.05, 0) is 61.4 Å². The number of nitrogens with two attached hydrogens (primary N) is 2. The van der Waals surface area contributed by atoms with Crippen molar-refractivity contribution < 1.29 is 9.53 Å². The second kappa shape index (κ2) is 9.73. The number of amides is 1. The van der Waals surface area contributed by atoms with Crippen LogP contribution in [0.25, 0.3) is 21.9 Å². The molecule has 8 nitrogen and oxygen atoms in total. The Hall–Kier alpha value is -4.33. The first-order chi connectivity index (χ1) is 17.5. The molecule has 0 saturated heterocycles. The van der Waals surface area contributed by atoms with Crippen molar-refractivity contribution in [1.29, 1.82) is 0 Å². The number of dihydropyridines is 1. The summed E-state index contributed by atoms with van der Waals surface area (Å²) in [6.45, 7) is 0.726. The molecule has 4 aromatic rings. The van der Waals surface area contributed by atoms with Gasteiger partial charge < -0.3 is 26.1 Å². The first kappa shape index (κ1) is 23.4. The number of aromatic nitrogens is 3. The largest absolute Gasteiger partial charge is 0.497 e. The van der Waals surface area contributed by atoms with Crippen molar-refractivity contribution in [2.24, 2.45) is 5.73 Å². The lowest BCUT2D eigenvalue weighted by atomic mass is 9.90. The molecule has 1 atom stereocenters. The highest BCUT2D eigenvalue weighted by Crippen LogP contribution is 2.30. The number of aryl methyl sites for hydroxylation is 1. The number of carbonyl (C=O) groups is 1. The average Bonchev–Trinajstić information content (AvgIpc) is 3.26. The van der Waals surface area contributed by atoms with E-state index in [1.807, 2.05) is 60.7 Å². The molecule has 2 aromatic carbocycles. The summed E-state index contributed by atoms with van der Waals surface area (Å²) in [6, 6.07) is 16.0. The summed E-state index contributed by atoms with van der Waals surface area (Å²) in [5, 5.41) is 4.16. The van der Waals surface area contributed by atoms with E-state index in [1.165, 1.54) is 0 Å². The predicted molar refractivity (Wildman–Crippen MR) is 142 cm³/mol. The number of primary amides is 1. The molecule has 5 N–H and O–H groups in total. The van der Waals surface area contributed by atoms with Gasteiger partial charge in [0.1, 0.15) is 22.6 Å². The molecule has 0 spiro atoms. The molecule has 184 valence electrons. The number of benzene rings is 2. The zero-order chi connectivity index (χ0) is 25.1. The van der Waals surface area contributed by atoms with Crippen LogP contribution in [0.1, 0.15) is 30.7 Å². The van der Waals surface area contributed by atoms with Gasteiger partial charge in [0, 0.05) is 18.4 Å². The molecule has 1 unspecified atom stereocenters. The van der Waals surface area contributed by atoms with Crippen molar-refractivity contribution >= 4 is 33.7 Å². The molecule has 0 fully saturated rings. The van der Waals surface area contributed by atoms with Crippen molar-refractivity contribution in [1.82, 2.24) is 19.9 Å². The number of nitrogens with one attached hydrogen (secondary N) is 1. The molecule has 0 bridgehead atoms. The SMILES string of the molecule is COc1ccc(Cc2nc3c(N)nc4ccccc4c3n2CCCCC2(C(N)=O)C=CC=CN2)cc1. The minimum atomic E-state index is -0.848. The summed E-state index contributed by atoms with van der Waals surface area (Å²) < 4.78 is 7.55. The lowest BCUT2D eigenvalue weighted by molar-refractivity contribution is -0.122. The van der Waals surface area contributed by atoms with Crippen LogP contribution in [-0.2, 0) is 17.8 Å². The molecule has 0 aliphatic carbocycles. The number of hydrogen-bond acceptors (Lipinski definition) is 6. The van der Waals surface area contributed by atoms with E-state index in [9.17, 15) is 4.79 Å². The van der Waals surface area contributed by atoms with Crippen LogP contribution in [0.4, 0.5) is 5.82 Å². The quantitative estimate of drug-likeness (QED) is 0.312. The van der Waals surface area contributed by atoms with E-state index in [0.29, 0.717) is 24.2 Å². The van der Waals surface area contributed by atoms with Crippen molar-refractivity contribution in [3.05, 3.63) is 84.3 Å². The third kappa shape index (κ3) is 4.37. The fourth-order valence-corrected chi connectivity index (χ4v) is 4.83. The second-order valence-electron chi connectivity index (χ2n) is 9.07. The number of anilines is 1. The molecule has 8 heteroatoms. The highest BCUT2D eigenvalue weighted by atomic mass is 16.5. The predicted octanol–water partition coefficient (Wildman–Crippen LogP) is 3.83. The van der Waals surface area contributed by atoms with Crippen LogP contribution in [0.15, 0.2) is 73.0 Å². The lowest BCUT2D eigenvalue weighted by Gasteiger charge is -2.29. The highest BCUT2D eigenvalue weighted by molar-refractivity contribution is 6.06. The number of rotatable bonds is 9. The number of para-hydroxylation sites is 1. The van der Waals surface area contributed by atoms with E-state index in [2.05, 4.69) is 20.9 Å². The maximum atomic E-state index is 12.2. The minimum absolute atomic E-state index is 0.374. The molecule has 3 heterocycles. The number of unbranched alkanes of at least 4 members (excludes halogenated alkanes) is 1. The minimum Gasteiger partial charge on any atom is -0.497 e. The molecule has 36 heavy (non-hydrogen) atoms. The zero-order valence-electron chi connectivity index (χ0n) is 20.3. The number of carbonyl (C=O) groups excluding carboxylic acids is 1. The Morgan fingerprint density at radius 2 is 1.89 bits per heavy atom. The number of hydrogen-bond donors (Lipinski definition) is 3. The number of fused-ring (bicyclic) bond motifs is 3. The van der Waals surface area contributed by atoms with E-state index in [1.54, 1.807) is 13.3 Å². The fraction of sp³-hybridized carbons (Fsp3) is 0.250. The normalized spacial score (nSPS) is 16.9. The smallest absolute Gasteiger partial charge is 0.247 e. The number of imidazole rings is 1. The Labute approximate surface area is 209 Å². The van der Waals surface area contributed by atoms with Gasteiger partial charge in [0.15, 0.2) is 5.82 Å². The number of pyridine rings is 1. The van der Waals surface area contributed by atoms with Gasteiger partial charge in [-0.3, -0.25) is 4.79 Å². The Morgan fingerprint density at radius 3 is 2.61 bits per heavy atom. The van der Waals surface area contributed by atoms with Crippen molar-refractivity contribution in [3.63, 3.8) is 0 Å². The van der Waals surface area contributed by atoms with Crippen molar-refractivity contribution in [2.75, 3.05) is 12.8 Å². The molecule has 0 radical (unpaired) electrons. The van der Waals surface area contributed by atoms with E-state index in [4.69, 9.17) is 21.2 Å². The molecular formula is C28H30N6O2. The van der Waals surface area contributed by atoms with Gasteiger partial charge in [-0.2, -0.15) is 0 Å². The maximum absolute atomic E-state index is 12.2. The monoisotopic (exact) mass is 482 g/mol. The van der Waals surface area contributed by atoms with Crippen LogP contribution in [-0.4, -0.2) is 33.1 Å².